The Balaban J connectivity index is 1.76. The molecule has 1 aromatic heterocycles. The Labute approximate surface area is 159 Å². The van der Waals surface area contributed by atoms with Crippen LogP contribution in [0.2, 0.25) is 0 Å². The number of likely N-dealkylation sites (tertiary alicyclic amines) is 1. The van der Waals surface area contributed by atoms with E-state index in [0.29, 0.717) is 30.4 Å². The zero-order chi connectivity index (χ0) is 19.2. The van der Waals surface area contributed by atoms with Crippen LogP contribution in [0, 0.1) is 11.8 Å². The van der Waals surface area contributed by atoms with Crippen LogP contribution in [0.1, 0.15) is 70.2 Å². The van der Waals surface area contributed by atoms with Gasteiger partial charge < -0.3 is 4.90 Å². The first-order chi connectivity index (χ1) is 13.1. The lowest BCUT2D eigenvalue weighted by atomic mass is 9.91. The topological polar surface area (TPSA) is 104 Å². The molecule has 1 aromatic rings. The zero-order valence-corrected chi connectivity index (χ0v) is 16.0. The van der Waals surface area contributed by atoms with Crippen LogP contribution >= 0.6 is 0 Å². The number of aryl methyl sites for hydroxylation is 1. The first-order valence-electron chi connectivity index (χ1n) is 10.1. The highest BCUT2D eigenvalue weighted by atomic mass is 16.5. The molecule has 0 unspecified atom stereocenters. The van der Waals surface area contributed by atoms with E-state index in [0.717, 1.165) is 44.5 Å². The summed E-state index contributed by atoms with van der Waals surface area (Å²) in [6.45, 7) is 3.50. The van der Waals surface area contributed by atoms with Crippen molar-refractivity contribution in [1.82, 2.24) is 30.2 Å². The molecule has 2 amide bonds. The number of tetrazole rings is 1. The molecule has 2 atom stereocenters. The van der Waals surface area contributed by atoms with E-state index in [4.69, 9.17) is 0 Å². The Morgan fingerprint density at radius 3 is 2.81 bits per heavy atom. The average molecular weight is 378 g/mol. The molecule has 3 rings (SSSR count). The lowest BCUT2D eigenvalue weighted by Crippen LogP contribution is -2.41. The van der Waals surface area contributed by atoms with Crippen LogP contribution in [-0.2, 0) is 16.1 Å². The van der Waals surface area contributed by atoms with Crippen molar-refractivity contribution in [3.05, 3.63) is 5.82 Å². The van der Waals surface area contributed by atoms with Crippen molar-refractivity contribution in [1.29, 1.82) is 0 Å². The van der Waals surface area contributed by atoms with Crippen LogP contribution in [0.4, 0.5) is 0 Å². The van der Waals surface area contributed by atoms with Gasteiger partial charge in [-0.15, -0.1) is 5.10 Å². The van der Waals surface area contributed by atoms with Crippen molar-refractivity contribution in [3.8, 4) is 0 Å². The van der Waals surface area contributed by atoms with Crippen LogP contribution in [0.25, 0.3) is 0 Å². The normalized spacial score (nSPS) is 21.6. The number of hydrogen-bond donors (Lipinski definition) is 1. The van der Waals surface area contributed by atoms with Crippen LogP contribution in [0.15, 0.2) is 0 Å². The minimum atomic E-state index is -0.389. The number of nitrogens with zero attached hydrogens (tertiary/aromatic N) is 6. The molecule has 0 aromatic carbocycles. The molecule has 27 heavy (non-hydrogen) atoms. The largest absolute Gasteiger partial charge is 0.332 e. The van der Waals surface area contributed by atoms with Crippen LogP contribution in [0.3, 0.4) is 0 Å². The van der Waals surface area contributed by atoms with Gasteiger partial charge in [-0.1, -0.05) is 32.6 Å². The van der Waals surface area contributed by atoms with Crippen molar-refractivity contribution in [2.75, 3.05) is 13.1 Å². The summed E-state index contributed by atoms with van der Waals surface area (Å²) in [4.78, 5) is 26.1. The lowest BCUT2D eigenvalue weighted by molar-refractivity contribution is -0.157. The summed E-state index contributed by atoms with van der Waals surface area (Å²) >= 11 is 0. The summed E-state index contributed by atoms with van der Waals surface area (Å²) in [5.41, 5.74) is 0. The number of amides is 2. The number of hydroxylamine groups is 2. The quantitative estimate of drug-likeness (QED) is 0.399. The second kappa shape index (κ2) is 9.25. The number of rotatable bonds is 9. The van der Waals surface area contributed by atoms with E-state index in [1.807, 2.05) is 4.90 Å². The Kier molecular flexibility index (Phi) is 6.76. The van der Waals surface area contributed by atoms with E-state index < -0.39 is 0 Å². The molecular weight excluding hydrogens is 348 g/mol. The highest BCUT2D eigenvalue weighted by Crippen LogP contribution is 2.35. The second-order valence-electron chi connectivity index (χ2n) is 7.76. The van der Waals surface area contributed by atoms with Crippen molar-refractivity contribution in [2.45, 2.75) is 70.9 Å². The third kappa shape index (κ3) is 4.63. The molecule has 1 aliphatic heterocycles. The Morgan fingerprint density at radius 1 is 1.33 bits per heavy atom. The van der Waals surface area contributed by atoms with Gasteiger partial charge in [0, 0.05) is 13.1 Å². The maximum Gasteiger partial charge on any atom is 0.233 e. The standard InChI is InChI=1S/C18H30N6O3/c1-2-9-24-17(19-20-21-24)16-8-5-10-23(16)18(26)15(12-22(27)13-25)11-14-6-3-4-7-14/h13-16,27H,2-12H2,1H3/t15-,16+/m1/s1. The predicted molar refractivity (Wildman–Crippen MR) is 96.4 cm³/mol. The van der Waals surface area contributed by atoms with Gasteiger partial charge in [0.25, 0.3) is 0 Å². The van der Waals surface area contributed by atoms with E-state index in [-0.39, 0.29) is 24.4 Å². The fourth-order valence-corrected chi connectivity index (χ4v) is 4.53. The number of carbonyl (C=O) groups excluding carboxylic acids is 2. The zero-order valence-electron chi connectivity index (χ0n) is 16.0. The van der Waals surface area contributed by atoms with E-state index in [2.05, 4.69) is 22.4 Å². The molecular formula is C18H30N6O3. The minimum absolute atomic E-state index is 0.00338. The van der Waals surface area contributed by atoms with E-state index >= 15 is 0 Å². The van der Waals surface area contributed by atoms with Crippen molar-refractivity contribution >= 4 is 12.3 Å². The lowest BCUT2D eigenvalue weighted by Gasteiger charge is -2.30. The molecule has 2 aliphatic rings. The van der Waals surface area contributed by atoms with Crippen LogP contribution in [0.5, 0.6) is 0 Å². The first kappa shape index (κ1) is 19.7. The fraction of sp³-hybridized carbons (Fsp3) is 0.833. The second-order valence-corrected chi connectivity index (χ2v) is 7.76. The summed E-state index contributed by atoms with van der Waals surface area (Å²) in [7, 11) is 0. The average Bonchev–Trinajstić information content (AvgIpc) is 3.41. The third-order valence-corrected chi connectivity index (χ3v) is 5.80. The van der Waals surface area contributed by atoms with Crippen LogP contribution in [-0.4, -0.2) is 60.8 Å². The van der Waals surface area contributed by atoms with Gasteiger partial charge in [-0.3, -0.25) is 14.8 Å². The van der Waals surface area contributed by atoms with Crippen LogP contribution < -0.4 is 0 Å². The predicted octanol–water partition coefficient (Wildman–Crippen LogP) is 1.79. The maximum absolute atomic E-state index is 13.4. The van der Waals surface area contributed by atoms with Gasteiger partial charge in [-0.25, -0.2) is 9.75 Å². The van der Waals surface area contributed by atoms with Gasteiger partial charge in [-0.05, 0) is 42.0 Å². The van der Waals surface area contributed by atoms with E-state index in [9.17, 15) is 14.8 Å². The number of aromatic nitrogens is 4. The minimum Gasteiger partial charge on any atom is -0.332 e. The summed E-state index contributed by atoms with van der Waals surface area (Å²) in [6.07, 6.45) is 8.38. The van der Waals surface area contributed by atoms with Crippen molar-refractivity contribution in [3.63, 3.8) is 0 Å². The molecule has 9 heteroatoms. The van der Waals surface area contributed by atoms with Gasteiger partial charge in [-0.2, -0.15) is 0 Å². The molecule has 0 spiro atoms. The molecule has 2 fully saturated rings. The SMILES string of the molecule is CCCn1nnnc1[C@@H]1CCCN1C(=O)[C@H](CC1CCCC1)CN(O)C=O. The molecule has 1 N–H and O–H groups in total. The molecule has 1 saturated heterocycles. The number of hydrogen-bond acceptors (Lipinski definition) is 6. The molecule has 2 heterocycles. The Morgan fingerprint density at radius 2 is 2.11 bits per heavy atom. The van der Waals surface area contributed by atoms with Crippen molar-refractivity contribution < 1.29 is 14.8 Å². The Bertz CT molecular complexity index is 630. The van der Waals surface area contributed by atoms with Gasteiger partial charge in [0.05, 0.1) is 18.5 Å². The smallest absolute Gasteiger partial charge is 0.233 e. The molecule has 9 nitrogen and oxygen atoms in total. The third-order valence-electron chi connectivity index (χ3n) is 5.80. The van der Waals surface area contributed by atoms with Gasteiger partial charge in [0.2, 0.25) is 12.3 Å². The first-order valence-corrected chi connectivity index (χ1v) is 10.1. The highest BCUT2D eigenvalue weighted by Gasteiger charge is 2.38. The summed E-state index contributed by atoms with van der Waals surface area (Å²) in [5, 5.41) is 22.4. The fourth-order valence-electron chi connectivity index (χ4n) is 4.53. The molecule has 150 valence electrons. The van der Waals surface area contributed by atoms with Gasteiger partial charge >= 0.3 is 0 Å². The molecule has 1 aliphatic carbocycles. The summed E-state index contributed by atoms with van der Waals surface area (Å²) in [5.74, 6) is 0.833. The van der Waals surface area contributed by atoms with Gasteiger partial charge in [0.1, 0.15) is 0 Å². The molecule has 0 radical (unpaired) electrons. The molecule has 0 bridgehead atoms. The maximum atomic E-state index is 13.4. The number of carbonyl (C=O) groups is 2. The summed E-state index contributed by atoms with van der Waals surface area (Å²) < 4.78 is 1.78. The molecule has 1 saturated carbocycles. The van der Waals surface area contributed by atoms with Gasteiger partial charge in [0.15, 0.2) is 5.82 Å². The van der Waals surface area contributed by atoms with E-state index in [1.165, 1.54) is 12.8 Å². The Hall–Kier alpha value is -2.03. The highest BCUT2D eigenvalue weighted by molar-refractivity contribution is 5.80. The van der Waals surface area contributed by atoms with E-state index in [1.54, 1.807) is 4.68 Å². The monoisotopic (exact) mass is 378 g/mol. The van der Waals surface area contributed by atoms with Crippen molar-refractivity contribution in [2.24, 2.45) is 11.8 Å². The summed E-state index contributed by atoms with van der Waals surface area (Å²) in [6, 6.07) is -0.131.